The van der Waals surface area contributed by atoms with Crippen LogP contribution in [-0.4, -0.2) is 71.7 Å². The van der Waals surface area contributed by atoms with E-state index >= 15 is 0 Å². The minimum absolute atomic E-state index is 0.0418. The number of amides is 1. The molecule has 22 heavy (non-hydrogen) atoms. The molecule has 2 heterocycles. The minimum atomic E-state index is -3.41. The predicted octanol–water partition coefficient (Wildman–Crippen LogP) is -1.42. The highest BCUT2D eigenvalue weighted by atomic mass is 32.2. The zero-order valence-electron chi connectivity index (χ0n) is 12.7. The van der Waals surface area contributed by atoms with E-state index in [1.54, 1.807) is 0 Å². The molecular weight excluding hydrogens is 310 g/mol. The lowest BCUT2D eigenvalue weighted by Crippen LogP contribution is -2.49. The predicted molar refractivity (Wildman–Crippen MR) is 81.0 cm³/mol. The van der Waals surface area contributed by atoms with Crippen molar-refractivity contribution in [2.45, 2.75) is 31.5 Å². The van der Waals surface area contributed by atoms with Gasteiger partial charge < -0.3 is 20.1 Å². The fraction of sp³-hybridized carbons (Fsp3) is 0.923. The standard InChI is InChI=1S/C13H25N3O5S/c17-13(12-10-14-4-7-21-12)15-5-8-22(18,19)16-9-11-3-1-2-6-20-11/h11-12,14,16H,1-10H2,(H,15,17). The molecule has 3 N–H and O–H groups in total. The highest BCUT2D eigenvalue weighted by molar-refractivity contribution is 7.89. The Bertz CT molecular complexity index is 445. The van der Waals surface area contributed by atoms with Gasteiger partial charge in [0.1, 0.15) is 6.10 Å². The Morgan fingerprint density at radius 1 is 1.23 bits per heavy atom. The van der Waals surface area contributed by atoms with E-state index in [2.05, 4.69) is 15.4 Å². The quantitative estimate of drug-likeness (QED) is 0.527. The van der Waals surface area contributed by atoms with Gasteiger partial charge in [0.25, 0.3) is 0 Å². The van der Waals surface area contributed by atoms with E-state index in [9.17, 15) is 13.2 Å². The van der Waals surface area contributed by atoms with Crippen LogP contribution in [0.2, 0.25) is 0 Å². The average molecular weight is 335 g/mol. The summed E-state index contributed by atoms with van der Waals surface area (Å²) in [6, 6.07) is 0. The van der Waals surface area contributed by atoms with Crippen LogP contribution in [0.25, 0.3) is 0 Å². The summed E-state index contributed by atoms with van der Waals surface area (Å²) in [5.74, 6) is -0.427. The molecule has 0 aromatic heterocycles. The number of morpholine rings is 1. The monoisotopic (exact) mass is 335 g/mol. The molecule has 2 rings (SSSR count). The number of carbonyl (C=O) groups is 1. The summed E-state index contributed by atoms with van der Waals surface area (Å²) in [5, 5.41) is 5.64. The molecule has 2 saturated heterocycles. The first-order valence-electron chi connectivity index (χ1n) is 7.76. The SMILES string of the molecule is O=C(NCCS(=O)(=O)NCC1CCCCO1)C1CNCCO1. The summed E-state index contributed by atoms with van der Waals surface area (Å²) in [7, 11) is -3.41. The van der Waals surface area contributed by atoms with Crippen LogP contribution in [0.15, 0.2) is 0 Å². The van der Waals surface area contributed by atoms with Gasteiger partial charge in [-0.2, -0.15) is 0 Å². The maximum Gasteiger partial charge on any atom is 0.250 e. The zero-order chi connectivity index (χ0) is 15.8. The Morgan fingerprint density at radius 2 is 2.09 bits per heavy atom. The van der Waals surface area contributed by atoms with Crippen molar-refractivity contribution in [2.24, 2.45) is 0 Å². The number of sulfonamides is 1. The second-order valence-electron chi connectivity index (χ2n) is 5.51. The second kappa shape index (κ2) is 8.78. The number of hydrogen-bond donors (Lipinski definition) is 3. The highest BCUT2D eigenvalue weighted by Gasteiger charge is 2.22. The topological polar surface area (TPSA) is 106 Å². The Morgan fingerprint density at radius 3 is 2.77 bits per heavy atom. The van der Waals surface area contributed by atoms with Crippen molar-refractivity contribution in [2.75, 3.05) is 45.1 Å². The van der Waals surface area contributed by atoms with E-state index in [1.807, 2.05) is 0 Å². The lowest BCUT2D eigenvalue weighted by Gasteiger charge is -2.23. The molecule has 9 heteroatoms. The van der Waals surface area contributed by atoms with Gasteiger partial charge in [0.05, 0.1) is 18.5 Å². The van der Waals surface area contributed by atoms with Crippen LogP contribution in [0.5, 0.6) is 0 Å². The summed E-state index contributed by atoms with van der Waals surface area (Å²) >= 11 is 0. The molecule has 0 radical (unpaired) electrons. The fourth-order valence-corrected chi connectivity index (χ4v) is 3.37. The van der Waals surface area contributed by atoms with Crippen molar-refractivity contribution < 1.29 is 22.7 Å². The average Bonchev–Trinajstić information content (AvgIpc) is 2.55. The Kier molecular flexibility index (Phi) is 7.03. The van der Waals surface area contributed by atoms with Gasteiger partial charge in [-0.3, -0.25) is 4.79 Å². The van der Waals surface area contributed by atoms with Gasteiger partial charge in [0.2, 0.25) is 15.9 Å². The Balaban J connectivity index is 1.62. The molecule has 0 aliphatic carbocycles. The van der Waals surface area contributed by atoms with Crippen molar-refractivity contribution in [3.05, 3.63) is 0 Å². The third-order valence-corrected chi connectivity index (χ3v) is 5.04. The van der Waals surface area contributed by atoms with E-state index in [4.69, 9.17) is 9.47 Å². The maximum atomic E-state index is 11.9. The zero-order valence-corrected chi connectivity index (χ0v) is 13.5. The van der Waals surface area contributed by atoms with E-state index in [-0.39, 0.29) is 24.3 Å². The summed E-state index contributed by atoms with van der Waals surface area (Å²) in [6.07, 6.45) is 2.40. The summed E-state index contributed by atoms with van der Waals surface area (Å²) in [6.45, 7) is 2.73. The molecular formula is C13H25N3O5S. The molecule has 2 fully saturated rings. The lowest BCUT2D eigenvalue weighted by molar-refractivity contribution is -0.134. The number of carbonyl (C=O) groups excluding carboxylic acids is 1. The Labute approximate surface area is 131 Å². The molecule has 0 spiro atoms. The molecule has 128 valence electrons. The summed E-state index contributed by atoms with van der Waals surface area (Å²) in [5.41, 5.74) is 0. The van der Waals surface area contributed by atoms with Gasteiger partial charge in [0, 0.05) is 32.8 Å². The van der Waals surface area contributed by atoms with Crippen LogP contribution in [0, 0.1) is 0 Å². The number of nitrogens with one attached hydrogen (secondary N) is 3. The number of hydrogen-bond acceptors (Lipinski definition) is 6. The van der Waals surface area contributed by atoms with Crippen molar-refractivity contribution in [1.82, 2.24) is 15.4 Å². The van der Waals surface area contributed by atoms with Gasteiger partial charge in [-0.25, -0.2) is 13.1 Å². The first kappa shape index (κ1) is 17.6. The van der Waals surface area contributed by atoms with Crippen molar-refractivity contribution in [3.8, 4) is 0 Å². The third kappa shape index (κ3) is 6.17. The van der Waals surface area contributed by atoms with Gasteiger partial charge in [-0.1, -0.05) is 0 Å². The van der Waals surface area contributed by atoms with Crippen LogP contribution in [0.3, 0.4) is 0 Å². The van der Waals surface area contributed by atoms with Crippen molar-refractivity contribution >= 4 is 15.9 Å². The first-order chi connectivity index (χ1) is 10.6. The smallest absolute Gasteiger partial charge is 0.250 e. The van der Waals surface area contributed by atoms with E-state index in [0.29, 0.717) is 26.3 Å². The van der Waals surface area contributed by atoms with Crippen molar-refractivity contribution in [1.29, 1.82) is 0 Å². The van der Waals surface area contributed by atoms with Crippen LogP contribution < -0.4 is 15.4 Å². The largest absolute Gasteiger partial charge is 0.377 e. The molecule has 1 amide bonds. The van der Waals surface area contributed by atoms with Crippen LogP contribution in [-0.2, 0) is 24.3 Å². The van der Waals surface area contributed by atoms with Crippen LogP contribution in [0.4, 0.5) is 0 Å². The molecule has 2 aliphatic heterocycles. The molecule has 2 aliphatic rings. The maximum absolute atomic E-state index is 11.9. The minimum Gasteiger partial charge on any atom is -0.377 e. The molecule has 8 nitrogen and oxygen atoms in total. The molecule has 2 atom stereocenters. The molecule has 2 unspecified atom stereocenters. The summed E-state index contributed by atoms with van der Waals surface area (Å²) in [4.78, 5) is 11.8. The van der Waals surface area contributed by atoms with E-state index < -0.39 is 16.1 Å². The third-order valence-electron chi connectivity index (χ3n) is 3.69. The second-order valence-corrected chi connectivity index (χ2v) is 7.44. The lowest BCUT2D eigenvalue weighted by atomic mass is 10.1. The van der Waals surface area contributed by atoms with Gasteiger partial charge in [-0.15, -0.1) is 0 Å². The molecule has 0 saturated carbocycles. The number of rotatable bonds is 7. The fourth-order valence-electron chi connectivity index (χ4n) is 2.42. The highest BCUT2D eigenvalue weighted by Crippen LogP contribution is 2.11. The van der Waals surface area contributed by atoms with E-state index in [0.717, 1.165) is 25.8 Å². The van der Waals surface area contributed by atoms with Crippen LogP contribution >= 0.6 is 0 Å². The molecule has 0 aromatic carbocycles. The number of ether oxygens (including phenoxy) is 2. The molecule has 0 aromatic rings. The Hall–Kier alpha value is -0.740. The van der Waals surface area contributed by atoms with Gasteiger partial charge in [0.15, 0.2) is 0 Å². The normalized spacial score (nSPS) is 26.5. The van der Waals surface area contributed by atoms with Crippen molar-refractivity contribution in [3.63, 3.8) is 0 Å². The molecule has 0 bridgehead atoms. The first-order valence-corrected chi connectivity index (χ1v) is 9.41. The van der Waals surface area contributed by atoms with E-state index in [1.165, 1.54) is 0 Å². The van der Waals surface area contributed by atoms with Gasteiger partial charge in [-0.05, 0) is 19.3 Å². The van der Waals surface area contributed by atoms with Gasteiger partial charge >= 0.3 is 0 Å². The van der Waals surface area contributed by atoms with Crippen LogP contribution in [0.1, 0.15) is 19.3 Å². The summed E-state index contributed by atoms with van der Waals surface area (Å²) < 4.78 is 37.0.